The van der Waals surface area contributed by atoms with E-state index >= 15 is 0 Å². The van der Waals surface area contributed by atoms with Crippen LogP contribution in [0.25, 0.3) is 0 Å². The molecule has 0 rings (SSSR count). The van der Waals surface area contributed by atoms with Crippen LogP contribution >= 0.6 is 0 Å². The van der Waals surface area contributed by atoms with Crippen LogP contribution in [0, 0.1) is 0 Å². The fraction of sp³-hybridized carbons (Fsp3) is 0.875. The molecule has 0 aliphatic heterocycles. The zero-order valence-electron chi connectivity index (χ0n) is 8.96. The highest BCUT2D eigenvalue weighted by atomic mass is 32.3. The molecular formula is C8H12F4O4S. The van der Waals surface area contributed by atoms with Crippen LogP contribution in [-0.2, 0) is 19.8 Å². The van der Waals surface area contributed by atoms with Gasteiger partial charge < -0.3 is 4.74 Å². The van der Waals surface area contributed by atoms with Gasteiger partial charge in [0.05, 0.1) is 6.61 Å². The quantitative estimate of drug-likeness (QED) is 0.323. The molecule has 1 unspecified atom stereocenters. The summed E-state index contributed by atoms with van der Waals surface area (Å²) in [4.78, 5) is 10.8. The van der Waals surface area contributed by atoms with Gasteiger partial charge in [0.15, 0.2) is 0 Å². The van der Waals surface area contributed by atoms with Crippen LogP contribution in [0.4, 0.5) is 17.1 Å². The fourth-order valence-corrected chi connectivity index (χ4v) is 1.63. The topological polar surface area (TPSA) is 60.4 Å². The van der Waals surface area contributed by atoms with Crippen LogP contribution < -0.4 is 0 Å². The summed E-state index contributed by atoms with van der Waals surface area (Å²) in [6.45, 7) is 1.45. The first-order valence-electron chi connectivity index (χ1n) is 4.77. The predicted molar refractivity (Wildman–Crippen MR) is 50.4 cm³/mol. The number of halogens is 4. The van der Waals surface area contributed by atoms with Gasteiger partial charge >= 0.3 is 22.4 Å². The molecule has 0 fully saturated rings. The molecule has 0 saturated carbocycles. The van der Waals surface area contributed by atoms with Crippen molar-refractivity contribution in [1.82, 2.24) is 0 Å². The van der Waals surface area contributed by atoms with E-state index in [1.807, 2.05) is 6.92 Å². The third-order valence-electron chi connectivity index (χ3n) is 1.79. The van der Waals surface area contributed by atoms with Gasteiger partial charge in [-0.2, -0.15) is 21.6 Å². The number of esters is 1. The molecule has 1 atom stereocenters. The Kier molecular flexibility index (Phi) is 5.86. The maximum atomic E-state index is 12.3. The van der Waals surface area contributed by atoms with E-state index in [-0.39, 0.29) is 6.61 Å². The molecular weight excluding hydrogens is 268 g/mol. The third kappa shape index (κ3) is 5.85. The molecule has 0 radical (unpaired) electrons. The number of alkyl halides is 3. The first-order valence-corrected chi connectivity index (χ1v) is 6.22. The molecule has 0 aromatic rings. The Hall–Kier alpha value is -0.860. The lowest BCUT2D eigenvalue weighted by molar-refractivity contribution is -0.169. The van der Waals surface area contributed by atoms with Gasteiger partial charge in [-0.1, -0.05) is 19.8 Å². The molecule has 0 aromatic carbocycles. The molecule has 9 heteroatoms. The van der Waals surface area contributed by atoms with Gasteiger partial charge in [-0.25, -0.2) is 0 Å². The Labute approximate surface area is 96.2 Å². The number of hydrogen-bond donors (Lipinski definition) is 0. The van der Waals surface area contributed by atoms with Gasteiger partial charge in [0.1, 0.15) is 0 Å². The monoisotopic (exact) mass is 280 g/mol. The molecule has 17 heavy (non-hydrogen) atoms. The van der Waals surface area contributed by atoms with Crippen LogP contribution in [0.15, 0.2) is 0 Å². The van der Waals surface area contributed by atoms with E-state index < -0.39 is 27.6 Å². The second kappa shape index (κ2) is 6.18. The van der Waals surface area contributed by atoms with E-state index in [0.29, 0.717) is 12.8 Å². The van der Waals surface area contributed by atoms with Crippen molar-refractivity contribution >= 4 is 16.2 Å². The largest absolute Gasteiger partial charge is 0.464 e. The average Bonchev–Trinajstić information content (AvgIpc) is 2.07. The number of carbonyl (C=O) groups excluding carboxylic acids is 1. The summed E-state index contributed by atoms with van der Waals surface area (Å²) in [5, 5.41) is -3.75. The summed E-state index contributed by atoms with van der Waals surface area (Å²) in [5.74, 6) is -2.13. The molecule has 0 saturated heterocycles. The molecule has 0 N–H and O–H groups in total. The Balaban J connectivity index is 4.59. The summed E-state index contributed by atoms with van der Waals surface area (Å²) >= 11 is 0. The molecule has 0 heterocycles. The first-order chi connectivity index (χ1) is 7.60. The third-order valence-corrected chi connectivity index (χ3v) is 2.81. The smallest absolute Gasteiger partial charge is 0.418 e. The van der Waals surface area contributed by atoms with Crippen molar-refractivity contribution in [3.63, 3.8) is 0 Å². The minimum atomic E-state index is -6.06. The van der Waals surface area contributed by atoms with Crippen LogP contribution in [0.5, 0.6) is 0 Å². The summed E-state index contributed by atoms with van der Waals surface area (Å²) in [6, 6.07) is 0. The number of ether oxygens (including phenoxy) is 1. The second-order valence-corrected chi connectivity index (χ2v) is 4.69. The van der Waals surface area contributed by atoms with Crippen LogP contribution in [0.3, 0.4) is 0 Å². The Morgan fingerprint density at radius 2 is 1.82 bits per heavy atom. The zero-order chi connectivity index (χ0) is 13.7. The maximum Gasteiger partial charge on any atom is 0.418 e. The molecule has 0 bridgehead atoms. The van der Waals surface area contributed by atoms with Gasteiger partial charge in [-0.05, 0) is 6.42 Å². The summed E-state index contributed by atoms with van der Waals surface area (Å²) in [6.07, 6.45) is -3.89. The van der Waals surface area contributed by atoms with Crippen molar-refractivity contribution in [2.24, 2.45) is 0 Å². The van der Waals surface area contributed by atoms with E-state index in [1.165, 1.54) is 0 Å². The molecule has 0 aromatic heterocycles. The van der Waals surface area contributed by atoms with Gasteiger partial charge in [0.25, 0.3) is 5.25 Å². The highest BCUT2D eigenvalue weighted by Crippen LogP contribution is 2.28. The van der Waals surface area contributed by atoms with Gasteiger partial charge in [-0.3, -0.25) is 4.79 Å². The lowest BCUT2D eigenvalue weighted by Gasteiger charge is -2.15. The fourth-order valence-electron chi connectivity index (χ4n) is 1.01. The number of unbranched alkanes of at least 4 members (excludes halogenated alkanes) is 2. The normalized spacial score (nSPS) is 14.4. The van der Waals surface area contributed by atoms with E-state index in [4.69, 9.17) is 0 Å². The van der Waals surface area contributed by atoms with E-state index in [9.17, 15) is 30.3 Å². The Morgan fingerprint density at radius 1 is 1.29 bits per heavy atom. The van der Waals surface area contributed by atoms with Crippen molar-refractivity contribution in [1.29, 1.82) is 0 Å². The van der Waals surface area contributed by atoms with Crippen molar-refractivity contribution < 1.29 is 35.0 Å². The first kappa shape index (κ1) is 16.1. The zero-order valence-corrected chi connectivity index (χ0v) is 9.78. The molecule has 4 nitrogen and oxygen atoms in total. The lowest BCUT2D eigenvalue weighted by atomic mass is 10.3. The number of carbonyl (C=O) groups is 1. The van der Waals surface area contributed by atoms with Crippen molar-refractivity contribution in [3.05, 3.63) is 0 Å². The summed E-state index contributed by atoms with van der Waals surface area (Å²) < 4.78 is 73.2. The standard InChI is InChI=1S/C8H12F4O4S/c1-2-3-4-5-16-7(13)6(8(9,10)11)17(12,14)15/h6H,2-5H2,1H3. The van der Waals surface area contributed by atoms with E-state index in [2.05, 4.69) is 4.74 Å². The molecule has 0 amide bonds. The maximum absolute atomic E-state index is 12.3. The Morgan fingerprint density at radius 3 is 2.18 bits per heavy atom. The highest BCUT2D eigenvalue weighted by Gasteiger charge is 2.55. The number of hydrogen-bond acceptors (Lipinski definition) is 4. The van der Waals surface area contributed by atoms with E-state index in [1.54, 1.807) is 0 Å². The Bertz CT molecular complexity index is 349. The SMILES string of the molecule is CCCCCOC(=O)C(C(F)(F)F)S(=O)(=O)F. The minimum Gasteiger partial charge on any atom is -0.464 e. The van der Waals surface area contributed by atoms with Crippen LogP contribution in [0.1, 0.15) is 26.2 Å². The van der Waals surface area contributed by atoms with Gasteiger partial charge in [0, 0.05) is 0 Å². The van der Waals surface area contributed by atoms with Crippen LogP contribution in [0.2, 0.25) is 0 Å². The molecule has 0 spiro atoms. The molecule has 0 aliphatic carbocycles. The van der Waals surface area contributed by atoms with Gasteiger partial charge in [-0.15, -0.1) is 3.89 Å². The average molecular weight is 280 g/mol. The van der Waals surface area contributed by atoms with Crippen molar-refractivity contribution in [2.75, 3.05) is 6.61 Å². The molecule has 0 aliphatic rings. The highest BCUT2D eigenvalue weighted by molar-refractivity contribution is 7.87. The van der Waals surface area contributed by atoms with Gasteiger partial charge in [0.2, 0.25) is 0 Å². The van der Waals surface area contributed by atoms with Crippen molar-refractivity contribution in [3.8, 4) is 0 Å². The van der Waals surface area contributed by atoms with Crippen LogP contribution in [-0.4, -0.2) is 32.4 Å². The molecule has 102 valence electrons. The predicted octanol–water partition coefficient (Wildman–Crippen LogP) is 1.95. The van der Waals surface area contributed by atoms with E-state index in [0.717, 1.165) is 6.42 Å². The number of rotatable bonds is 6. The van der Waals surface area contributed by atoms with Crippen molar-refractivity contribution in [2.45, 2.75) is 37.6 Å². The lowest BCUT2D eigenvalue weighted by Crippen LogP contribution is -2.42. The summed E-state index contributed by atoms with van der Waals surface area (Å²) in [7, 11) is -6.06. The minimum absolute atomic E-state index is 0.291. The summed E-state index contributed by atoms with van der Waals surface area (Å²) in [5.41, 5.74) is 0. The second-order valence-electron chi connectivity index (χ2n) is 3.27.